The van der Waals surface area contributed by atoms with Gasteiger partial charge in [-0.05, 0) is 37.6 Å². The lowest BCUT2D eigenvalue weighted by Gasteiger charge is -2.24. The Labute approximate surface area is 129 Å². The van der Waals surface area contributed by atoms with Gasteiger partial charge in [-0.1, -0.05) is 28.1 Å². The summed E-state index contributed by atoms with van der Waals surface area (Å²) in [7, 11) is 1.94. The van der Waals surface area contributed by atoms with Crippen molar-refractivity contribution in [2.75, 3.05) is 20.1 Å². The minimum atomic E-state index is 0. The Morgan fingerprint density at radius 1 is 1.42 bits per heavy atom. The summed E-state index contributed by atoms with van der Waals surface area (Å²) in [6, 6.07) is 8.35. The smallest absolute Gasteiger partial charge is 0.227 e. The van der Waals surface area contributed by atoms with Crippen molar-refractivity contribution in [3.05, 3.63) is 34.3 Å². The predicted molar refractivity (Wildman–Crippen MR) is 83.8 cm³/mol. The summed E-state index contributed by atoms with van der Waals surface area (Å²) in [5.74, 6) is 0.245. The first-order chi connectivity index (χ1) is 8.70. The zero-order valence-corrected chi connectivity index (χ0v) is 13.5. The highest BCUT2D eigenvalue weighted by Crippen LogP contribution is 2.18. The van der Waals surface area contributed by atoms with Crippen LogP contribution in [0.25, 0.3) is 0 Å². The van der Waals surface area contributed by atoms with Gasteiger partial charge < -0.3 is 10.2 Å². The fraction of sp³-hybridized carbons (Fsp3) is 0.500. The van der Waals surface area contributed by atoms with Crippen LogP contribution < -0.4 is 5.32 Å². The van der Waals surface area contributed by atoms with Gasteiger partial charge in [-0.15, -0.1) is 12.4 Å². The minimum Gasteiger partial charge on any atom is -0.338 e. The van der Waals surface area contributed by atoms with Crippen LogP contribution in [0.3, 0.4) is 0 Å². The van der Waals surface area contributed by atoms with Gasteiger partial charge in [-0.25, -0.2) is 0 Å². The molecule has 0 bridgehead atoms. The summed E-state index contributed by atoms with van der Waals surface area (Å²) in [5, 5.41) is 3.17. The molecule has 1 saturated heterocycles. The first-order valence-corrected chi connectivity index (χ1v) is 7.18. The molecule has 0 spiro atoms. The molecule has 1 amide bonds. The lowest BCUT2D eigenvalue weighted by molar-refractivity contribution is -0.131. The highest BCUT2D eigenvalue weighted by atomic mass is 79.9. The van der Waals surface area contributed by atoms with Gasteiger partial charge in [0, 0.05) is 23.6 Å². The third-order valence-corrected chi connectivity index (χ3v) is 3.93. The number of amides is 1. The van der Waals surface area contributed by atoms with Crippen LogP contribution in [-0.4, -0.2) is 37.0 Å². The maximum atomic E-state index is 12.3. The van der Waals surface area contributed by atoms with Crippen LogP contribution in [0.1, 0.15) is 18.4 Å². The second-order valence-electron chi connectivity index (χ2n) is 4.74. The molecular weight excluding hydrogens is 328 g/mol. The maximum Gasteiger partial charge on any atom is 0.227 e. The van der Waals surface area contributed by atoms with E-state index < -0.39 is 0 Å². The Kier molecular flexibility index (Phi) is 6.83. The van der Waals surface area contributed by atoms with Crippen LogP contribution in [0.4, 0.5) is 0 Å². The molecule has 1 aromatic carbocycles. The summed E-state index contributed by atoms with van der Waals surface area (Å²) in [5.41, 5.74) is 1.08. The van der Waals surface area contributed by atoms with Gasteiger partial charge in [-0.2, -0.15) is 0 Å². The normalized spacial score (nSPS) is 18.2. The first kappa shape index (κ1) is 16.5. The van der Waals surface area contributed by atoms with Crippen LogP contribution >= 0.6 is 28.3 Å². The van der Waals surface area contributed by atoms with Crippen LogP contribution in [0.15, 0.2) is 28.7 Å². The van der Waals surface area contributed by atoms with E-state index in [4.69, 9.17) is 0 Å². The third kappa shape index (κ3) is 4.48. The zero-order valence-electron chi connectivity index (χ0n) is 11.1. The molecule has 0 radical (unpaired) electrons. The topological polar surface area (TPSA) is 32.3 Å². The number of likely N-dealkylation sites (N-methyl/N-ethyl adjacent to an activating group) is 1. The van der Waals surface area contributed by atoms with Crippen LogP contribution in [-0.2, 0) is 11.2 Å². The van der Waals surface area contributed by atoms with Crippen LogP contribution in [0.2, 0.25) is 0 Å². The van der Waals surface area contributed by atoms with E-state index >= 15 is 0 Å². The summed E-state index contributed by atoms with van der Waals surface area (Å²) in [6.45, 7) is 1.80. The summed E-state index contributed by atoms with van der Waals surface area (Å²) >= 11 is 3.40. The SMILES string of the molecule is CNCC1CCCN1C(=O)Cc1ccc(Br)cc1.Cl. The summed E-state index contributed by atoms with van der Waals surface area (Å²) in [4.78, 5) is 14.3. The number of halogens is 2. The molecule has 0 saturated carbocycles. The molecule has 5 heteroatoms. The molecule has 2 rings (SSSR count). The number of carbonyl (C=O) groups is 1. The number of likely N-dealkylation sites (tertiary alicyclic amines) is 1. The quantitative estimate of drug-likeness (QED) is 0.908. The van der Waals surface area contributed by atoms with Crippen molar-refractivity contribution in [2.45, 2.75) is 25.3 Å². The Hall–Kier alpha value is -0.580. The number of nitrogens with one attached hydrogen (secondary N) is 1. The lowest BCUT2D eigenvalue weighted by atomic mass is 10.1. The van der Waals surface area contributed by atoms with Gasteiger partial charge in [-0.3, -0.25) is 4.79 Å². The van der Waals surface area contributed by atoms with Gasteiger partial charge in [0.1, 0.15) is 0 Å². The lowest BCUT2D eigenvalue weighted by Crippen LogP contribution is -2.41. The largest absolute Gasteiger partial charge is 0.338 e. The van der Waals surface area contributed by atoms with Crippen molar-refractivity contribution in [3.8, 4) is 0 Å². The van der Waals surface area contributed by atoms with E-state index in [2.05, 4.69) is 21.2 Å². The Bertz CT molecular complexity index is 410. The van der Waals surface area contributed by atoms with Gasteiger partial charge in [0.2, 0.25) is 5.91 Å². The Morgan fingerprint density at radius 3 is 2.74 bits per heavy atom. The molecule has 1 fully saturated rings. The molecule has 0 aromatic heterocycles. The molecule has 106 valence electrons. The van der Waals surface area contributed by atoms with Crippen molar-refractivity contribution in [3.63, 3.8) is 0 Å². The van der Waals surface area contributed by atoms with Gasteiger partial charge in [0.05, 0.1) is 6.42 Å². The van der Waals surface area contributed by atoms with E-state index in [9.17, 15) is 4.79 Å². The average Bonchev–Trinajstić information content (AvgIpc) is 2.81. The molecule has 1 unspecified atom stereocenters. The summed E-state index contributed by atoms with van der Waals surface area (Å²) in [6.07, 6.45) is 2.75. The molecule has 1 aromatic rings. The molecule has 1 heterocycles. The molecule has 1 aliphatic heterocycles. The van der Waals surface area contributed by atoms with Gasteiger partial charge >= 0.3 is 0 Å². The first-order valence-electron chi connectivity index (χ1n) is 6.39. The molecule has 1 atom stereocenters. The zero-order chi connectivity index (χ0) is 13.0. The average molecular weight is 348 g/mol. The number of carbonyl (C=O) groups excluding carboxylic acids is 1. The number of hydrogen-bond donors (Lipinski definition) is 1. The van der Waals surface area contributed by atoms with E-state index in [1.807, 2.05) is 36.2 Å². The second-order valence-corrected chi connectivity index (χ2v) is 5.66. The van der Waals surface area contributed by atoms with Crippen molar-refractivity contribution < 1.29 is 4.79 Å². The minimum absolute atomic E-state index is 0. The van der Waals surface area contributed by atoms with E-state index in [0.717, 1.165) is 36.0 Å². The van der Waals surface area contributed by atoms with E-state index in [0.29, 0.717) is 12.5 Å². The van der Waals surface area contributed by atoms with Crippen molar-refractivity contribution in [1.29, 1.82) is 0 Å². The van der Waals surface area contributed by atoms with Crippen LogP contribution in [0.5, 0.6) is 0 Å². The van der Waals surface area contributed by atoms with E-state index in [-0.39, 0.29) is 18.3 Å². The summed E-state index contributed by atoms with van der Waals surface area (Å²) < 4.78 is 1.05. The van der Waals surface area contributed by atoms with Crippen molar-refractivity contribution in [2.24, 2.45) is 0 Å². The van der Waals surface area contributed by atoms with E-state index in [1.165, 1.54) is 0 Å². The highest BCUT2D eigenvalue weighted by Gasteiger charge is 2.27. The molecular formula is C14H20BrClN2O. The monoisotopic (exact) mass is 346 g/mol. The fourth-order valence-electron chi connectivity index (χ4n) is 2.49. The van der Waals surface area contributed by atoms with Crippen LogP contribution in [0, 0.1) is 0 Å². The van der Waals surface area contributed by atoms with Gasteiger partial charge in [0.15, 0.2) is 0 Å². The van der Waals surface area contributed by atoms with Crippen molar-refractivity contribution >= 4 is 34.2 Å². The third-order valence-electron chi connectivity index (χ3n) is 3.41. The Morgan fingerprint density at radius 2 is 2.11 bits per heavy atom. The van der Waals surface area contributed by atoms with E-state index in [1.54, 1.807) is 0 Å². The second kappa shape index (κ2) is 7.88. The standard InChI is InChI=1S/C14H19BrN2O.ClH/c1-16-10-13-3-2-8-17(13)14(18)9-11-4-6-12(15)7-5-11;/h4-7,13,16H,2-3,8-10H2,1H3;1H. The fourth-order valence-corrected chi connectivity index (χ4v) is 2.75. The predicted octanol–water partition coefficient (Wildman–Crippen LogP) is 2.62. The number of rotatable bonds is 4. The molecule has 3 nitrogen and oxygen atoms in total. The number of nitrogens with zero attached hydrogens (tertiary/aromatic N) is 1. The molecule has 1 aliphatic rings. The number of hydrogen-bond acceptors (Lipinski definition) is 2. The molecule has 19 heavy (non-hydrogen) atoms. The van der Waals surface area contributed by atoms with Crippen molar-refractivity contribution in [1.82, 2.24) is 10.2 Å². The Balaban J connectivity index is 0.00000180. The highest BCUT2D eigenvalue weighted by molar-refractivity contribution is 9.10. The number of benzene rings is 1. The molecule has 0 aliphatic carbocycles. The molecule has 1 N–H and O–H groups in total. The maximum absolute atomic E-state index is 12.3. The van der Waals surface area contributed by atoms with Gasteiger partial charge in [0.25, 0.3) is 0 Å².